The zero-order valence-corrected chi connectivity index (χ0v) is 12.6. The molecule has 4 nitrogen and oxygen atoms in total. The summed E-state index contributed by atoms with van der Waals surface area (Å²) in [6.45, 7) is 4.04. The molecule has 1 aliphatic rings. The van der Waals surface area contributed by atoms with Crippen LogP contribution >= 0.6 is 0 Å². The maximum Gasteiger partial charge on any atom is 0.260 e. The summed E-state index contributed by atoms with van der Waals surface area (Å²) in [6, 6.07) is 6.26. The number of amides is 1. The number of carbonyl (C=O) groups is 1. The predicted octanol–water partition coefficient (Wildman–Crippen LogP) is 2.27. The van der Waals surface area contributed by atoms with Gasteiger partial charge < -0.3 is 15.4 Å². The first-order chi connectivity index (χ1) is 9.49. The molecule has 1 aliphatic carbocycles. The van der Waals surface area contributed by atoms with Crippen LogP contribution in [0.5, 0.6) is 5.75 Å². The third-order valence-electron chi connectivity index (χ3n) is 4.01. The van der Waals surface area contributed by atoms with Crippen LogP contribution in [0.1, 0.15) is 43.9 Å². The lowest BCUT2D eigenvalue weighted by Gasteiger charge is -2.24. The van der Waals surface area contributed by atoms with E-state index in [4.69, 9.17) is 10.5 Å². The summed E-state index contributed by atoms with van der Waals surface area (Å²) < 4.78 is 5.61. The summed E-state index contributed by atoms with van der Waals surface area (Å²) >= 11 is 0. The fourth-order valence-corrected chi connectivity index (χ4v) is 2.44. The molecule has 0 radical (unpaired) electrons. The number of fused-ring (bicyclic) bond motifs is 1. The molecule has 110 valence electrons. The van der Waals surface area contributed by atoms with Crippen molar-refractivity contribution in [3.63, 3.8) is 0 Å². The number of ether oxygens (including phenoxy) is 1. The maximum absolute atomic E-state index is 11.9. The molecule has 0 heterocycles. The standard InChI is InChI=1S/C16H24N2O2/c1-11(2)18(3)16(19)10-20-13-8-7-12-5-4-6-15(17)14(12)9-13/h7-9,11,15H,4-6,10,17H2,1-3H3/t15-/m1/s1. The summed E-state index contributed by atoms with van der Waals surface area (Å²) in [6.07, 6.45) is 3.25. The molecule has 2 rings (SSSR count). The van der Waals surface area contributed by atoms with Gasteiger partial charge in [0.05, 0.1) is 0 Å². The topological polar surface area (TPSA) is 55.6 Å². The van der Waals surface area contributed by atoms with E-state index in [-0.39, 0.29) is 24.6 Å². The molecule has 1 atom stereocenters. The Labute approximate surface area is 120 Å². The van der Waals surface area contributed by atoms with Gasteiger partial charge in [0.2, 0.25) is 0 Å². The monoisotopic (exact) mass is 276 g/mol. The van der Waals surface area contributed by atoms with Gasteiger partial charge in [0.15, 0.2) is 6.61 Å². The van der Waals surface area contributed by atoms with Crippen molar-refractivity contribution < 1.29 is 9.53 Å². The zero-order chi connectivity index (χ0) is 14.7. The molecular weight excluding hydrogens is 252 g/mol. The number of aryl methyl sites for hydroxylation is 1. The van der Waals surface area contributed by atoms with Gasteiger partial charge in [0.1, 0.15) is 5.75 Å². The van der Waals surface area contributed by atoms with Crippen LogP contribution in [0.15, 0.2) is 18.2 Å². The second-order valence-corrected chi connectivity index (χ2v) is 5.75. The third-order valence-corrected chi connectivity index (χ3v) is 4.01. The molecule has 0 aliphatic heterocycles. The van der Waals surface area contributed by atoms with Crippen LogP contribution in [0.4, 0.5) is 0 Å². The van der Waals surface area contributed by atoms with Crippen molar-refractivity contribution >= 4 is 5.91 Å². The average Bonchev–Trinajstić information content (AvgIpc) is 2.44. The molecule has 1 aromatic rings. The largest absolute Gasteiger partial charge is 0.484 e. The van der Waals surface area contributed by atoms with Crippen molar-refractivity contribution in [3.05, 3.63) is 29.3 Å². The van der Waals surface area contributed by atoms with Crippen molar-refractivity contribution in [3.8, 4) is 5.75 Å². The van der Waals surface area contributed by atoms with Crippen molar-refractivity contribution in [2.24, 2.45) is 5.73 Å². The molecule has 0 spiro atoms. The summed E-state index contributed by atoms with van der Waals surface area (Å²) in [5, 5.41) is 0. The quantitative estimate of drug-likeness (QED) is 0.918. The van der Waals surface area contributed by atoms with Gasteiger partial charge in [-0.25, -0.2) is 0 Å². The van der Waals surface area contributed by atoms with E-state index >= 15 is 0 Å². The van der Waals surface area contributed by atoms with Crippen molar-refractivity contribution in [2.45, 2.75) is 45.2 Å². The van der Waals surface area contributed by atoms with Crippen molar-refractivity contribution in [1.29, 1.82) is 0 Å². The second kappa shape index (κ2) is 6.27. The second-order valence-electron chi connectivity index (χ2n) is 5.75. The van der Waals surface area contributed by atoms with Crippen LogP contribution < -0.4 is 10.5 Å². The lowest BCUT2D eigenvalue weighted by atomic mass is 9.88. The highest BCUT2D eigenvalue weighted by molar-refractivity contribution is 5.77. The maximum atomic E-state index is 11.9. The lowest BCUT2D eigenvalue weighted by Crippen LogP contribution is -2.36. The number of benzene rings is 1. The molecule has 0 saturated heterocycles. The average molecular weight is 276 g/mol. The lowest BCUT2D eigenvalue weighted by molar-refractivity contribution is -0.133. The molecule has 20 heavy (non-hydrogen) atoms. The predicted molar refractivity (Wildman–Crippen MR) is 79.7 cm³/mol. The number of hydrogen-bond donors (Lipinski definition) is 1. The van der Waals surface area contributed by atoms with Crippen LogP contribution in [-0.2, 0) is 11.2 Å². The first-order valence-corrected chi connectivity index (χ1v) is 7.26. The Balaban J connectivity index is 2.01. The molecule has 0 unspecified atom stereocenters. The van der Waals surface area contributed by atoms with E-state index in [9.17, 15) is 4.79 Å². The number of likely N-dealkylation sites (N-methyl/N-ethyl adjacent to an activating group) is 1. The van der Waals surface area contributed by atoms with Gasteiger partial charge in [-0.2, -0.15) is 0 Å². The van der Waals surface area contributed by atoms with E-state index in [2.05, 4.69) is 6.07 Å². The minimum Gasteiger partial charge on any atom is -0.484 e. The smallest absolute Gasteiger partial charge is 0.260 e. The number of nitrogens with two attached hydrogens (primary N) is 1. The highest BCUT2D eigenvalue weighted by Gasteiger charge is 2.18. The van der Waals surface area contributed by atoms with Gasteiger partial charge in [-0.3, -0.25) is 4.79 Å². The first kappa shape index (κ1) is 14.9. The normalized spacial score (nSPS) is 17.8. The van der Waals surface area contributed by atoms with Crippen LogP contribution in [0.25, 0.3) is 0 Å². The SMILES string of the molecule is CC(C)N(C)C(=O)COc1ccc2c(c1)[C@H](N)CCC2. The summed E-state index contributed by atoms with van der Waals surface area (Å²) in [4.78, 5) is 13.6. The molecule has 4 heteroatoms. The Hall–Kier alpha value is -1.55. The van der Waals surface area contributed by atoms with Crippen molar-refractivity contribution in [1.82, 2.24) is 4.90 Å². The minimum atomic E-state index is -0.0120. The van der Waals surface area contributed by atoms with E-state index in [0.717, 1.165) is 25.0 Å². The van der Waals surface area contributed by atoms with Gasteiger partial charge in [-0.05, 0) is 56.4 Å². The van der Waals surface area contributed by atoms with E-state index < -0.39 is 0 Å². The fraction of sp³-hybridized carbons (Fsp3) is 0.562. The summed E-state index contributed by atoms with van der Waals surface area (Å²) in [7, 11) is 1.79. The Kier molecular flexibility index (Phi) is 4.65. The van der Waals surface area contributed by atoms with Crippen LogP contribution in [0.2, 0.25) is 0 Å². The van der Waals surface area contributed by atoms with E-state index in [1.54, 1.807) is 11.9 Å². The van der Waals surface area contributed by atoms with Gasteiger partial charge >= 0.3 is 0 Å². The van der Waals surface area contributed by atoms with Gasteiger partial charge in [-0.1, -0.05) is 6.07 Å². The first-order valence-electron chi connectivity index (χ1n) is 7.26. The highest BCUT2D eigenvalue weighted by Crippen LogP contribution is 2.30. The molecular formula is C16H24N2O2. The van der Waals surface area contributed by atoms with Crippen LogP contribution in [0, 0.1) is 0 Å². The van der Waals surface area contributed by atoms with Gasteiger partial charge in [0, 0.05) is 19.1 Å². The molecule has 0 aromatic heterocycles. The highest BCUT2D eigenvalue weighted by atomic mass is 16.5. The number of hydrogen-bond acceptors (Lipinski definition) is 3. The molecule has 1 aromatic carbocycles. The van der Waals surface area contributed by atoms with E-state index in [1.807, 2.05) is 26.0 Å². The summed E-state index contributed by atoms with van der Waals surface area (Å²) in [5.74, 6) is 0.716. The molecule has 0 bridgehead atoms. The molecule has 2 N–H and O–H groups in total. The number of nitrogens with zero attached hydrogens (tertiary/aromatic N) is 1. The van der Waals surface area contributed by atoms with Gasteiger partial charge in [-0.15, -0.1) is 0 Å². The van der Waals surface area contributed by atoms with E-state index in [0.29, 0.717) is 0 Å². The zero-order valence-electron chi connectivity index (χ0n) is 12.6. The Morgan fingerprint density at radius 2 is 2.25 bits per heavy atom. The Morgan fingerprint density at radius 1 is 1.50 bits per heavy atom. The Bertz CT molecular complexity index is 485. The Morgan fingerprint density at radius 3 is 2.95 bits per heavy atom. The van der Waals surface area contributed by atoms with Gasteiger partial charge in [0.25, 0.3) is 5.91 Å². The van der Waals surface area contributed by atoms with Crippen LogP contribution in [0.3, 0.4) is 0 Å². The summed E-state index contributed by atoms with van der Waals surface area (Å²) in [5.41, 5.74) is 8.60. The molecule has 0 fully saturated rings. The number of carbonyl (C=O) groups excluding carboxylic acids is 1. The minimum absolute atomic E-state index is 0.0120. The van der Waals surface area contributed by atoms with E-state index in [1.165, 1.54) is 11.1 Å². The fourth-order valence-electron chi connectivity index (χ4n) is 2.44. The third kappa shape index (κ3) is 3.31. The van der Waals surface area contributed by atoms with Crippen molar-refractivity contribution in [2.75, 3.05) is 13.7 Å². The van der Waals surface area contributed by atoms with Crippen LogP contribution in [-0.4, -0.2) is 30.5 Å². The molecule has 0 saturated carbocycles. The molecule has 1 amide bonds. The number of rotatable bonds is 4.